The van der Waals surface area contributed by atoms with Crippen LogP contribution in [0.15, 0.2) is 0 Å². The molecule has 0 fully saturated rings. The molecule has 0 bridgehead atoms. The largest absolute Gasteiger partial charge is 0.481 e. The van der Waals surface area contributed by atoms with Crippen molar-refractivity contribution in [2.24, 2.45) is 5.92 Å². The number of urea groups is 1. The Morgan fingerprint density at radius 2 is 1.50 bits per heavy atom. The summed E-state index contributed by atoms with van der Waals surface area (Å²) in [6.45, 7) is 3.37. The first-order chi connectivity index (χ1) is 11.0. The second-order valence-electron chi connectivity index (χ2n) is 5.62. The highest BCUT2D eigenvalue weighted by molar-refractivity contribution is 5.83. The normalized spacial score (nSPS) is 13.4. The Morgan fingerprint density at radius 1 is 0.917 bits per heavy atom. The molecule has 0 aromatic carbocycles. The van der Waals surface area contributed by atoms with Crippen LogP contribution < -0.4 is 10.6 Å². The summed E-state index contributed by atoms with van der Waals surface area (Å²) in [6.07, 6.45) is -2.73. The van der Waals surface area contributed by atoms with E-state index < -0.39 is 42.8 Å². The molecular weight excluding hydrogens is 324 g/mol. The second kappa shape index (κ2) is 10.6. The van der Waals surface area contributed by atoms with Gasteiger partial charge in [-0.2, -0.15) is 0 Å². The number of hydrogen-bond donors (Lipinski definition) is 6. The summed E-state index contributed by atoms with van der Waals surface area (Å²) in [4.78, 5) is 44.7. The molecule has 0 aliphatic rings. The standard InChI is InChI=1S/C14H24N2O8/c1-7(2)10(17)5-3-8(12(20)21)15-14(24)16-9(13(22)23)4-6-11(18)19/h7-9,12,20-21H,3-6H2,1-2H3,(H,18,19)(H,22,23)(H2,15,16,24)/t8-,9-/m0/s1. The number of amides is 2. The van der Waals surface area contributed by atoms with E-state index in [1.165, 1.54) is 0 Å². The quantitative estimate of drug-likeness (QED) is 0.265. The van der Waals surface area contributed by atoms with Crippen LogP contribution in [-0.4, -0.2) is 62.6 Å². The van der Waals surface area contributed by atoms with Crippen molar-refractivity contribution in [3.63, 3.8) is 0 Å². The number of ketones is 1. The van der Waals surface area contributed by atoms with Crippen LogP contribution in [-0.2, 0) is 14.4 Å². The molecule has 10 nitrogen and oxygen atoms in total. The predicted octanol–water partition coefficient (Wildman–Crippen LogP) is -0.712. The Morgan fingerprint density at radius 3 is 1.92 bits per heavy atom. The molecule has 2 atom stereocenters. The molecule has 0 radical (unpaired) electrons. The summed E-state index contributed by atoms with van der Waals surface area (Å²) >= 11 is 0. The molecule has 0 aromatic heterocycles. The van der Waals surface area contributed by atoms with Crippen molar-refractivity contribution < 1.29 is 39.6 Å². The van der Waals surface area contributed by atoms with Gasteiger partial charge in [-0.25, -0.2) is 9.59 Å². The topological polar surface area (TPSA) is 173 Å². The van der Waals surface area contributed by atoms with E-state index in [0.29, 0.717) is 0 Å². The maximum absolute atomic E-state index is 11.8. The van der Waals surface area contributed by atoms with Crippen molar-refractivity contribution in [1.82, 2.24) is 10.6 Å². The van der Waals surface area contributed by atoms with Crippen molar-refractivity contribution in [3.05, 3.63) is 0 Å². The van der Waals surface area contributed by atoms with E-state index in [-0.39, 0.29) is 31.0 Å². The molecule has 0 aliphatic heterocycles. The number of aliphatic hydroxyl groups excluding tert-OH is 1. The Labute approximate surface area is 138 Å². The first kappa shape index (κ1) is 21.8. The van der Waals surface area contributed by atoms with Crippen LogP contribution in [0.25, 0.3) is 0 Å². The third-order valence-corrected chi connectivity index (χ3v) is 3.27. The SMILES string of the molecule is CC(C)C(=O)CC[C@H](NC(=O)N[C@@H](CCC(=O)O)C(=O)O)C(O)O. The van der Waals surface area contributed by atoms with E-state index in [0.717, 1.165) is 0 Å². The van der Waals surface area contributed by atoms with Gasteiger partial charge in [0.15, 0.2) is 6.29 Å². The van der Waals surface area contributed by atoms with Crippen LogP contribution in [0.1, 0.15) is 39.5 Å². The van der Waals surface area contributed by atoms with E-state index in [9.17, 15) is 29.4 Å². The predicted molar refractivity (Wildman–Crippen MR) is 81.1 cm³/mol. The number of carboxylic acids is 2. The highest BCUT2D eigenvalue weighted by Crippen LogP contribution is 2.07. The fraction of sp³-hybridized carbons (Fsp3) is 0.714. The minimum Gasteiger partial charge on any atom is -0.481 e. The monoisotopic (exact) mass is 348 g/mol. The number of aliphatic hydroxyl groups is 2. The highest BCUT2D eigenvalue weighted by atomic mass is 16.5. The van der Waals surface area contributed by atoms with Gasteiger partial charge in [-0.05, 0) is 12.8 Å². The number of carbonyl (C=O) groups is 4. The van der Waals surface area contributed by atoms with Crippen molar-refractivity contribution in [2.45, 2.75) is 57.9 Å². The molecule has 0 saturated heterocycles. The minimum atomic E-state index is -1.93. The third kappa shape index (κ3) is 9.06. The van der Waals surface area contributed by atoms with Crippen molar-refractivity contribution >= 4 is 23.8 Å². The third-order valence-electron chi connectivity index (χ3n) is 3.27. The lowest BCUT2D eigenvalue weighted by Gasteiger charge is -2.22. The lowest BCUT2D eigenvalue weighted by Crippen LogP contribution is -2.52. The van der Waals surface area contributed by atoms with Crippen LogP contribution in [0.2, 0.25) is 0 Å². The number of carbonyl (C=O) groups excluding carboxylic acids is 2. The van der Waals surface area contributed by atoms with Gasteiger partial charge in [0.25, 0.3) is 0 Å². The van der Waals surface area contributed by atoms with Gasteiger partial charge in [-0.3, -0.25) is 9.59 Å². The average Bonchev–Trinajstić information content (AvgIpc) is 2.46. The summed E-state index contributed by atoms with van der Waals surface area (Å²) in [5, 5.41) is 40.2. The van der Waals surface area contributed by atoms with Crippen LogP contribution in [0.5, 0.6) is 0 Å². The molecule has 0 unspecified atom stereocenters. The van der Waals surface area contributed by atoms with E-state index >= 15 is 0 Å². The molecule has 138 valence electrons. The van der Waals surface area contributed by atoms with Gasteiger partial charge in [0.05, 0.1) is 6.04 Å². The Balaban J connectivity index is 4.61. The molecule has 24 heavy (non-hydrogen) atoms. The molecule has 2 amide bonds. The molecule has 0 aromatic rings. The van der Waals surface area contributed by atoms with Gasteiger partial charge in [0.2, 0.25) is 0 Å². The van der Waals surface area contributed by atoms with E-state index in [1.807, 2.05) is 5.32 Å². The number of rotatable bonds is 11. The molecule has 0 saturated carbocycles. The Bertz CT molecular complexity index is 464. The van der Waals surface area contributed by atoms with Crippen LogP contribution in [0.3, 0.4) is 0 Å². The summed E-state index contributed by atoms with van der Waals surface area (Å²) in [5.41, 5.74) is 0. The maximum atomic E-state index is 11.8. The van der Waals surface area contributed by atoms with Gasteiger partial charge in [-0.15, -0.1) is 0 Å². The summed E-state index contributed by atoms with van der Waals surface area (Å²) in [5.74, 6) is -2.97. The van der Waals surface area contributed by atoms with Crippen LogP contribution >= 0.6 is 0 Å². The number of Topliss-reactive ketones (excluding diaryl/α,β-unsaturated/α-hetero) is 1. The summed E-state index contributed by atoms with van der Waals surface area (Å²) in [6, 6.07) is -3.60. The zero-order valence-corrected chi connectivity index (χ0v) is 13.6. The molecule has 0 heterocycles. The number of nitrogens with one attached hydrogen (secondary N) is 2. The number of carboxylic acid groups (broad SMARTS) is 2. The van der Waals surface area contributed by atoms with Gasteiger partial charge < -0.3 is 31.1 Å². The number of aliphatic carboxylic acids is 2. The highest BCUT2D eigenvalue weighted by Gasteiger charge is 2.25. The first-order valence-corrected chi connectivity index (χ1v) is 7.45. The molecule has 0 rings (SSSR count). The average molecular weight is 348 g/mol. The van der Waals surface area contributed by atoms with Gasteiger partial charge in [-0.1, -0.05) is 13.8 Å². The fourth-order valence-electron chi connectivity index (χ4n) is 1.78. The summed E-state index contributed by atoms with van der Waals surface area (Å²) in [7, 11) is 0. The van der Waals surface area contributed by atoms with Crippen LogP contribution in [0.4, 0.5) is 4.79 Å². The molecule has 6 N–H and O–H groups in total. The lowest BCUT2D eigenvalue weighted by molar-refractivity contribution is -0.140. The second-order valence-corrected chi connectivity index (χ2v) is 5.62. The minimum absolute atomic E-state index is 0.0155. The molecule has 0 spiro atoms. The molecule has 10 heteroatoms. The number of hydrogen-bond acceptors (Lipinski definition) is 6. The van der Waals surface area contributed by atoms with Crippen molar-refractivity contribution in [2.75, 3.05) is 0 Å². The van der Waals surface area contributed by atoms with Crippen molar-refractivity contribution in [3.8, 4) is 0 Å². The maximum Gasteiger partial charge on any atom is 0.326 e. The Kier molecular flexibility index (Phi) is 9.58. The fourth-order valence-corrected chi connectivity index (χ4v) is 1.78. The summed E-state index contributed by atoms with van der Waals surface area (Å²) < 4.78 is 0. The molecular formula is C14H24N2O8. The van der Waals surface area contributed by atoms with E-state index in [1.54, 1.807) is 13.8 Å². The van der Waals surface area contributed by atoms with Gasteiger partial charge in [0, 0.05) is 18.8 Å². The van der Waals surface area contributed by atoms with E-state index in [2.05, 4.69) is 5.32 Å². The first-order valence-electron chi connectivity index (χ1n) is 7.45. The van der Waals surface area contributed by atoms with Gasteiger partial charge in [0.1, 0.15) is 11.8 Å². The lowest BCUT2D eigenvalue weighted by atomic mass is 10.0. The van der Waals surface area contributed by atoms with Crippen LogP contribution in [0, 0.1) is 5.92 Å². The van der Waals surface area contributed by atoms with Gasteiger partial charge >= 0.3 is 18.0 Å². The smallest absolute Gasteiger partial charge is 0.326 e. The Hall–Kier alpha value is -2.20. The van der Waals surface area contributed by atoms with E-state index in [4.69, 9.17) is 10.2 Å². The van der Waals surface area contributed by atoms with Crippen molar-refractivity contribution in [1.29, 1.82) is 0 Å². The zero-order valence-electron chi connectivity index (χ0n) is 13.6. The molecule has 0 aliphatic carbocycles. The zero-order chi connectivity index (χ0) is 18.9.